The number of carbonyl (C=O) groups excluding carboxylic acids is 3. The van der Waals surface area contributed by atoms with Crippen LogP contribution in [0.3, 0.4) is 0 Å². The van der Waals surface area contributed by atoms with Crippen molar-refractivity contribution in [2.24, 2.45) is 17.6 Å². The van der Waals surface area contributed by atoms with Gasteiger partial charge < -0.3 is 35.7 Å². The molecule has 10 heteroatoms. The van der Waals surface area contributed by atoms with E-state index >= 15 is 0 Å². The number of fused-ring (bicyclic) bond motifs is 2. The fourth-order valence-electron chi connectivity index (χ4n) is 5.11. The molecule has 2 amide bonds. The average molecular weight is 572 g/mol. The third-order valence-corrected chi connectivity index (χ3v) is 7.25. The summed E-state index contributed by atoms with van der Waals surface area (Å²) in [6.07, 6.45) is 7.34. The highest BCUT2D eigenvalue weighted by molar-refractivity contribution is 6.06. The summed E-state index contributed by atoms with van der Waals surface area (Å²) >= 11 is 0. The molecule has 10 nitrogen and oxygen atoms in total. The smallest absolute Gasteiger partial charge is 0.405 e. The van der Waals surface area contributed by atoms with Crippen LogP contribution in [0.15, 0.2) is 71.1 Å². The molecule has 1 aliphatic heterocycles. The van der Waals surface area contributed by atoms with Crippen molar-refractivity contribution >= 4 is 17.8 Å². The Kier molecular flexibility index (Phi) is 13.2. The van der Waals surface area contributed by atoms with Crippen LogP contribution in [0.25, 0.3) is 0 Å². The maximum Gasteiger partial charge on any atom is 0.405 e. The van der Waals surface area contributed by atoms with Gasteiger partial charge in [-0.3, -0.25) is 9.59 Å². The van der Waals surface area contributed by atoms with Gasteiger partial charge in [-0.25, -0.2) is 4.79 Å². The second-order valence-corrected chi connectivity index (χ2v) is 10.7. The summed E-state index contributed by atoms with van der Waals surface area (Å²) in [4.78, 5) is 37.7. The first-order valence-electron chi connectivity index (χ1n) is 13.8. The van der Waals surface area contributed by atoms with Crippen LogP contribution in [0.1, 0.15) is 47.0 Å². The van der Waals surface area contributed by atoms with Crippen LogP contribution < -0.4 is 16.4 Å². The molecule has 2 bridgehead atoms. The van der Waals surface area contributed by atoms with Crippen LogP contribution in [0.5, 0.6) is 0 Å². The zero-order valence-corrected chi connectivity index (χ0v) is 24.9. The number of methoxy groups -OCH3 is 2. The molecule has 0 spiro atoms. The minimum atomic E-state index is -0.968. The van der Waals surface area contributed by atoms with Gasteiger partial charge in [0.1, 0.15) is 6.10 Å². The first kappa shape index (κ1) is 33.7. The molecule has 1 unspecified atom stereocenters. The van der Waals surface area contributed by atoms with Crippen molar-refractivity contribution in [1.29, 1.82) is 0 Å². The van der Waals surface area contributed by atoms with E-state index in [1.165, 1.54) is 13.2 Å². The molecule has 226 valence electrons. The molecule has 1 aliphatic carbocycles. The summed E-state index contributed by atoms with van der Waals surface area (Å²) in [7, 11) is 3.02. The molecule has 0 saturated heterocycles. The van der Waals surface area contributed by atoms with Gasteiger partial charge in [-0.1, -0.05) is 44.2 Å². The summed E-state index contributed by atoms with van der Waals surface area (Å²) in [5, 5.41) is 17.3. The maximum atomic E-state index is 13.1. The van der Waals surface area contributed by atoms with Gasteiger partial charge >= 0.3 is 6.09 Å². The fourth-order valence-corrected chi connectivity index (χ4v) is 5.11. The third-order valence-electron chi connectivity index (χ3n) is 7.25. The largest absolute Gasteiger partial charge is 0.439 e. The average Bonchev–Trinajstić information content (AvgIpc) is 2.91. The van der Waals surface area contributed by atoms with Gasteiger partial charge in [0, 0.05) is 50.4 Å². The van der Waals surface area contributed by atoms with Crippen molar-refractivity contribution in [3.05, 3.63) is 71.1 Å². The Morgan fingerprint density at radius 1 is 1.24 bits per heavy atom. The molecule has 0 aromatic heterocycles. The van der Waals surface area contributed by atoms with E-state index in [0.29, 0.717) is 48.3 Å². The molecular weight excluding hydrogens is 526 g/mol. The van der Waals surface area contributed by atoms with Gasteiger partial charge in [-0.15, -0.1) is 6.58 Å². The van der Waals surface area contributed by atoms with Gasteiger partial charge in [0.05, 0.1) is 17.9 Å². The summed E-state index contributed by atoms with van der Waals surface area (Å²) in [6.45, 7) is 11.5. The Bertz CT molecular complexity index is 1130. The third kappa shape index (κ3) is 9.84. The maximum absolute atomic E-state index is 13.1. The Morgan fingerprint density at radius 2 is 1.95 bits per heavy atom. The number of nitrogens with two attached hydrogens (primary N) is 1. The number of hydrogen-bond acceptors (Lipinski definition) is 8. The number of ether oxygens (including phenoxy) is 3. The van der Waals surface area contributed by atoms with Crippen molar-refractivity contribution in [3.63, 3.8) is 0 Å². The van der Waals surface area contributed by atoms with Gasteiger partial charge in [0.25, 0.3) is 5.91 Å². The van der Waals surface area contributed by atoms with E-state index in [9.17, 15) is 19.5 Å². The Balaban J connectivity index is 2.56. The molecule has 2 aliphatic rings. The SMILES string of the molecule is C=CCNC1=C2CC(=CC1=O)NC(=O)/C(C)=C/C=C\[C@H](OC)[C@@H](OC(N)=O)/C(C)=C/C(C)[C@@H](O)[C@@H](OC)C[C@H](C)C2. The lowest BCUT2D eigenvalue weighted by molar-refractivity contribution is -0.116. The zero-order chi connectivity index (χ0) is 30.7. The first-order valence-corrected chi connectivity index (χ1v) is 13.8. The first-order chi connectivity index (χ1) is 19.4. The van der Waals surface area contributed by atoms with E-state index in [1.807, 2.05) is 19.9 Å². The number of allylic oxidation sites excluding steroid dienone is 4. The monoisotopic (exact) mass is 571 g/mol. The van der Waals surface area contributed by atoms with Gasteiger partial charge in [-0.2, -0.15) is 0 Å². The molecule has 0 saturated carbocycles. The molecule has 0 aromatic carbocycles. The number of nitrogens with one attached hydrogen (secondary N) is 2. The molecular formula is C31H45N3O7. The number of aliphatic hydroxyl groups is 1. The zero-order valence-electron chi connectivity index (χ0n) is 24.9. The summed E-state index contributed by atoms with van der Waals surface area (Å²) in [5.74, 6) is -0.910. The predicted octanol–water partition coefficient (Wildman–Crippen LogP) is 3.36. The molecule has 0 aromatic rings. The van der Waals surface area contributed by atoms with Crippen molar-refractivity contribution in [2.45, 2.75) is 71.4 Å². The molecule has 5 N–H and O–H groups in total. The number of carbonyl (C=O) groups is 3. The van der Waals surface area contributed by atoms with Crippen molar-refractivity contribution in [1.82, 2.24) is 10.6 Å². The summed E-state index contributed by atoms with van der Waals surface area (Å²) in [6, 6.07) is 0. The topological polar surface area (TPSA) is 149 Å². The minimum Gasteiger partial charge on any atom is -0.439 e. The van der Waals surface area contributed by atoms with E-state index < -0.39 is 30.5 Å². The number of rotatable bonds is 6. The molecule has 41 heavy (non-hydrogen) atoms. The number of primary amides is 1. The van der Waals surface area contributed by atoms with E-state index in [2.05, 4.69) is 17.2 Å². The standard InChI is InChI=1S/C31H45N3O7/c1-8-12-33-27-22-13-18(2)14-26(40-7)28(36)20(4)15-21(5)29(41-31(32)38)25(39-6)11-9-10-19(3)30(37)34-23(16-22)17-24(27)35/h8-11,15,17-18,20,25-26,28-29,33,36H,1,12-14,16H2,2-7H3,(H2,32,38)(H,34,37)/b11-9-,19-10+,21-15+/t18-,20?,25+,26+,28-,29+/m1/s1. The molecule has 0 radical (unpaired) electrons. The van der Waals surface area contributed by atoms with Crippen LogP contribution in [0.2, 0.25) is 0 Å². The van der Waals surface area contributed by atoms with Crippen molar-refractivity contribution < 1.29 is 33.7 Å². The van der Waals surface area contributed by atoms with Crippen LogP contribution in [-0.4, -0.2) is 68.1 Å². The minimum absolute atomic E-state index is 0.0296. The van der Waals surface area contributed by atoms with E-state index in [1.54, 1.807) is 45.3 Å². The normalized spacial score (nSPS) is 32.0. The Morgan fingerprint density at radius 3 is 2.56 bits per heavy atom. The molecule has 0 fully saturated rings. The Labute approximate surface area is 243 Å². The van der Waals surface area contributed by atoms with Gasteiger partial charge in [0.15, 0.2) is 6.10 Å². The highest BCUT2D eigenvalue weighted by Crippen LogP contribution is 2.30. The van der Waals surface area contributed by atoms with Crippen LogP contribution in [0, 0.1) is 11.8 Å². The van der Waals surface area contributed by atoms with E-state index in [4.69, 9.17) is 19.9 Å². The van der Waals surface area contributed by atoms with Gasteiger partial charge in [0.2, 0.25) is 5.78 Å². The fraction of sp³-hybridized carbons (Fsp3) is 0.516. The van der Waals surface area contributed by atoms with Crippen LogP contribution in [-0.2, 0) is 23.8 Å². The lowest BCUT2D eigenvalue weighted by Crippen LogP contribution is -2.37. The van der Waals surface area contributed by atoms with Gasteiger partial charge in [-0.05, 0) is 43.8 Å². The number of hydrogen-bond donors (Lipinski definition) is 4. The lowest BCUT2D eigenvalue weighted by Gasteiger charge is -2.30. The summed E-state index contributed by atoms with van der Waals surface area (Å²) < 4.78 is 16.7. The second kappa shape index (κ2) is 16.1. The highest BCUT2D eigenvalue weighted by Gasteiger charge is 2.30. The highest BCUT2D eigenvalue weighted by atomic mass is 16.6. The van der Waals surface area contributed by atoms with E-state index in [0.717, 1.165) is 5.57 Å². The number of aliphatic hydroxyl groups excluding tert-OH is 1. The summed E-state index contributed by atoms with van der Waals surface area (Å²) in [5.41, 5.74) is 8.26. The van der Waals surface area contributed by atoms with Crippen LogP contribution >= 0.6 is 0 Å². The quantitative estimate of drug-likeness (QED) is 0.355. The molecule has 6 atom stereocenters. The Hall–Kier alpha value is -3.47. The second-order valence-electron chi connectivity index (χ2n) is 10.7. The van der Waals surface area contributed by atoms with Crippen LogP contribution in [0.4, 0.5) is 4.79 Å². The van der Waals surface area contributed by atoms with Crippen molar-refractivity contribution in [2.75, 3.05) is 20.8 Å². The predicted molar refractivity (Wildman–Crippen MR) is 157 cm³/mol. The number of amides is 2. The molecule has 2 rings (SSSR count). The van der Waals surface area contributed by atoms with Crippen molar-refractivity contribution in [3.8, 4) is 0 Å². The van der Waals surface area contributed by atoms with E-state index in [-0.39, 0.29) is 23.5 Å². The lowest BCUT2D eigenvalue weighted by atomic mass is 9.85. The number of ketones is 1. The molecule has 1 heterocycles.